The van der Waals surface area contributed by atoms with Crippen LogP contribution in [0.3, 0.4) is 0 Å². The molecule has 0 saturated heterocycles. The lowest BCUT2D eigenvalue weighted by molar-refractivity contribution is -0.121. The molecule has 2 aromatic rings. The molecular formula is C16H21N3O3. The van der Waals surface area contributed by atoms with E-state index in [0.29, 0.717) is 37.7 Å². The minimum atomic E-state index is -0.0218. The van der Waals surface area contributed by atoms with Gasteiger partial charge in [-0.1, -0.05) is 28.9 Å². The van der Waals surface area contributed by atoms with Gasteiger partial charge in [0, 0.05) is 38.7 Å². The quantitative estimate of drug-likeness (QED) is 0.756. The van der Waals surface area contributed by atoms with Gasteiger partial charge in [-0.25, -0.2) is 0 Å². The number of nitrogens with one attached hydrogen (secondary N) is 1. The average Bonchev–Trinajstić information content (AvgIpc) is 2.98. The molecule has 1 N–H and O–H groups in total. The molecule has 2 rings (SSSR count). The number of hydrogen-bond acceptors (Lipinski definition) is 5. The van der Waals surface area contributed by atoms with E-state index < -0.39 is 0 Å². The molecule has 1 aromatic carbocycles. The fourth-order valence-electron chi connectivity index (χ4n) is 2.01. The van der Waals surface area contributed by atoms with E-state index in [1.54, 1.807) is 7.11 Å². The summed E-state index contributed by atoms with van der Waals surface area (Å²) in [7, 11) is 1.64. The molecule has 118 valence electrons. The summed E-state index contributed by atoms with van der Waals surface area (Å²) in [5.41, 5.74) is 2.05. The molecule has 0 unspecified atom stereocenters. The number of rotatable bonds is 8. The lowest BCUT2D eigenvalue weighted by Crippen LogP contribution is -2.25. The van der Waals surface area contributed by atoms with Gasteiger partial charge in [0.15, 0.2) is 0 Å². The van der Waals surface area contributed by atoms with E-state index in [1.807, 2.05) is 31.2 Å². The average molecular weight is 303 g/mol. The van der Waals surface area contributed by atoms with Gasteiger partial charge in [0.2, 0.25) is 17.6 Å². The zero-order chi connectivity index (χ0) is 15.8. The molecule has 0 saturated carbocycles. The number of carbonyl (C=O) groups is 1. The van der Waals surface area contributed by atoms with Gasteiger partial charge in [0.1, 0.15) is 0 Å². The number of carbonyl (C=O) groups excluding carboxylic acids is 1. The largest absolute Gasteiger partial charge is 0.385 e. The third-order valence-electron chi connectivity index (χ3n) is 3.16. The molecule has 0 atom stereocenters. The van der Waals surface area contributed by atoms with Gasteiger partial charge in [-0.3, -0.25) is 4.79 Å². The predicted molar refractivity (Wildman–Crippen MR) is 82.3 cm³/mol. The Morgan fingerprint density at radius 1 is 1.41 bits per heavy atom. The minimum Gasteiger partial charge on any atom is -0.385 e. The standard InChI is InChI=1S/C16H21N3O3/c1-12-5-3-6-13(11-12)16-18-15(22-19-16)8-7-14(20)17-9-4-10-21-2/h3,5-6,11H,4,7-10H2,1-2H3,(H,17,20). The number of hydrogen-bond donors (Lipinski definition) is 1. The smallest absolute Gasteiger partial charge is 0.227 e. The molecular weight excluding hydrogens is 282 g/mol. The SMILES string of the molecule is COCCCNC(=O)CCc1nc(-c2cccc(C)c2)no1. The van der Waals surface area contributed by atoms with E-state index in [1.165, 1.54) is 0 Å². The fourth-order valence-corrected chi connectivity index (χ4v) is 2.01. The van der Waals surface area contributed by atoms with Crippen molar-refractivity contribution in [3.8, 4) is 11.4 Å². The summed E-state index contributed by atoms with van der Waals surface area (Å²) in [6.45, 7) is 3.27. The molecule has 0 fully saturated rings. The van der Waals surface area contributed by atoms with Crippen molar-refractivity contribution in [2.24, 2.45) is 0 Å². The first-order valence-electron chi connectivity index (χ1n) is 7.34. The number of nitrogens with zero attached hydrogens (tertiary/aromatic N) is 2. The van der Waals surface area contributed by atoms with Crippen LogP contribution < -0.4 is 5.32 Å². The monoisotopic (exact) mass is 303 g/mol. The van der Waals surface area contributed by atoms with Gasteiger partial charge in [0.05, 0.1) is 0 Å². The molecule has 0 aliphatic carbocycles. The van der Waals surface area contributed by atoms with Crippen molar-refractivity contribution in [2.45, 2.75) is 26.2 Å². The van der Waals surface area contributed by atoms with Crippen LogP contribution >= 0.6 is 0 Å². The molecule has 0 aliphatic rings. The first kappa shape index (κ1) is 16.2. The van der Waals surface area contributed by atoms with Crippen molar-refractivity contribution in [3.05, 3.63) is 35.7 Å². The lowest BCUT2D eigenvalue weighted by atomic mass is 10.1. The number of aromatic nitrogens is 2. The van der Waals surface area contributed by atoms with Crippen LogP contribution in [0.4, 0.5) is 0 Å². The molecule has 6 nitrogen and oxygen atoms in total. The normalized spacial score (nSPS) is 10.6. The molecule has 0 bridgehead atoms. The maximum absolute atomic E-state index is 11.7. The molecule has 0 spiro atoms. The zero-order valence-corrected chi connectivity index (χ0v) is 13.0. The summed E-state index contributed by atoms with van der Waals surface area (Å²) < 4.78 is 10.1. The third-order valence-corrected chi connectivity index (χ3v) is 3.16. The van der Waals surface area contributed by atoms with Gasteiger partial charge in [-0.2, -0.15) is 4.98 Å². The number of methoxy groups -OCH3 is 1. The lowest BCUT2D eigenvalue weighted by Gasteiger charge is -2.02. The van der Waals surface area contributed by atoms with Crippen molar-refractivity contribution in [1.29, 1.82) is 0 Å². The topological polar surface area (TPSA) is 77.2 Å². The molecule has 1 heterocycles. The van der Waals surface area contributed by atoms with Crippen molar-refractivity contribution < 1.29 is 14.1 Å². The van der Waals surface area contributed by atoms with E-state index in [0.717, 1.165) is 17.5 Å². The minimum absolute atomic E-state index is 0.0218. The van der Waals surface area contributed by atoms with Crippen molar-refractivity contribution in [1.82, 2.24) is 15.5 Å². The Balaban J connectivity index is 1.81. The van der Waals surface area contributed by atoms with E-state index in [-0.39, 0.29) is 5.91 Å². The number of amides is 1. The Morgan fingerprint density at radius 3 is 3.05 bits per heavy atom. The van der Waals surface area contributed by atoms with Gasteiger partial charge in [0.25, 0.3) is 0 Å². The second kappa shape index (κ2) is 8.29. The highest BCUT2D eigenvalue weighted by atomic mass is 16.5. The van der Waals surface area contributed by atoms with Crippen LogP contribution in [0.5, 0.6) is 0 Å². The molecule has 1 amide bonds. The van der Waals surface area contributed by atoms with Gasteiger partial charge in [-0.05, 0) is 19.4 Å². The van der Waals surface area contributed by atoms with Gasteiger partial charge >= 0.3 is 0 Å². The summed E-state index contributed by atoms with van der Waals surface area (Å²) in [4.78, 5) is 16.0. The predicted octanol–water partition coefficient (Wildman–Crippen LogP) is 2.13. The molecule has 6 heteroatoms. The number of ether oxygens (including phenoxy) is 1. The maximum Gasteiger partial charge on any atom is 0.227 e. The number of benzene rings is 1. The summed E-state index contributed by atoms with van der Waals surface area (Å²) >= 11 is 0. The second-order valence-electron chi connectivity index (χ2n) is 5.08. The summed E-state index contributed by atoms with van der Waals surface area (Å²) in [5.74, 6) is 1.01. The number of aryl methyl sites for hydroxylation is 2. The molecule has 0 radical (unpaired) electrons. The van der Waals surface area contributed by atoms with Gasteiger partial charge < -0.3 is 14.6 Å². The summed E-state index contributed by atoms with van der Waals surface area (Å²) in [5, 5.41) is 6.78. The molecule has 22 heavy (non-hydrogen) atoms. The van der Waals surface area contributed by atoms with Crippen LogP contribution in [0.25, 0.3) is 11.4 Å². The third kappa shape index (κ3) is 4.96. The van der Waals surface area contributed by atoms with E-state index in [9.17, 15) is 4.79 Å². The summed E-state index contributed by atoms with van der Waals surface area (Å²) in [6, 6.07) is 7.90. The Morgan fingerprint density at radius 2 is 2.27 bits per heavy atom. The van der Waals surface area contributed by atoms with Crippen LogP contribution in [0.1, 0.15) is 24.3 Å². The van der Waals surface area contributed by atoms with Crippen molar-refractivity contribution >= 4 is 5.91 Å². The van der Waals surface area contributed by atoms with E-state index in [2.05, 4.69) is 15.5 Å². The highest BCUT2D eigenvalue weighted by Crippen LogP contribution is 2.17. The highest BCUT2D eigenvalue weighted by molar-refractivity contribution is 5.75. The first-order valence-corrected chi connectivity index (χ1v) is 7.34. The first-order chi connectivity index (χ1) is 10.7. The van der Waals surface area contributed by atoms with Crippen LogP contribution in [0.2, 0.25) is 0 Å². The van der Waals surface area contributed by atoms with Crippen LogP contribution in [-0.2, 0) is 16.0 Å². The second-order valence-corrected chi connectivity index (χ2v) is 5.08. The van der Waals surface area contributed by atoms with Crippen LogP contribution in [0, 0.1) is 6.92 Å². The Kier molecular flexibility index (Phi) is 6.09. The van der Waals surface area contributed by atoms with Gasteiger partial charge in [-0.15, -0.1) is 0 Å². The Labute approximate surface area is 129 Å². The summed E-state index contributed by atoms with van der Waals surface area (Å²) in [6.07, 6.45) is 1.58. The van der Waals surface area contributed by atoms with E-state index >= 15 is 0 Å². The zero-order valence-electron chi connectivity index (χ0n) is 13.0. The fraction of sp³-hybridized carbons (Fsp3) is 0.438. The Hall–Kier alpha value is -2.21. The van der Waals surface area contributed by atoms with Crippen LogP contribution in [-0.4, -0.2) is 36.3 Å². The maximum atomic E-state index is 11.7. The Bertz CT molecular complexity index is 610. The van der Waals surface area contributed by atoms with Crippen LogP contribution in [0.15, 0.2) is 28.8 Å². The van der Waals surface area contributed by atoms with Crippen molar-refractivity contribution in [2.75, 3.05) is 20.3 Å². The highest BCUT2D eigenvalue weighted by Gasteiger charge is 2.10. The van der Waals surface area contributed by atoms with E-state index in [4.69, 9.17) is 9.26 Å². The van der Waals surface area contributed by atoms with Crippen molar-refractivity contribution in [3.63, 3.8) is 0 Å². The molecule has 1 aromatic heterocycles. The molecule has 0 aliphatic heterocycles.